The fraction of sp³-hybridized carbons (Fsp3) is 0.526. The van der Waals surface area contributed by atoms with Gasteiger partial charge in [0, 0.05) is 0 Å². The van der Waals surface area contributed by atoms with Crippen LogP contribution < -0.4 is 5.32 Å². The second-order valence-electron chi connectivity index (χ2n) is 5.46. The summed E-state index contributed by atoms with van der Waals surface area (Å²) in [5, 5.41) is 2.76. The summed E-state index contributed by atoms with van der Waals surface area (Å²) in [6, 6.07) is 0.125. The number of hydrogen-bond acceptors (Lipinski definition) is 2. The Bertz CT molecular complexity index is 421. The molecule has 1 saturated heterocycles. The first-order valence-corrected chi connectivity index (χ1v) is 8.31. The lowest BCUT2D eigenvalue weighted by Crippen LogP contribution is -2.27. The summed E-state index contributed by atoms with van der Waals surface area (Å²) in [5.41, 5.74) is 0. The van der Waals surface area contributed by atoms with Crippen LogP contribution in [0, 0.1) is 0 Å². The zero-order chi connectivity index (χ0) is 16.0. The van der Waals surface area contributed by atoms with Crippen molar-refractivity contribution in [2.45, 2.75) is 64.5 Å². The van der Waals surface area contributed by atoms with Gasteiger partial charge in [-0.3, -0.25) is 0 Å². The molecule has 0 spiro atoms. The maximum Gasteiger partial charge on any atom is 0.407 e. The maximum atomic E-state index is 11.0. The number of amides is 1. The van der Waals surface area contributed by atoms with E-state index in [4.69, 9.17) is 4.74 Å². The van der Waals surface area contributed by atoms with Crippen LogP contribution in [0.1, 0.15) is 52.4 Å². The van der Waals surface area contributed by atoms with Crippen molar-refractivity contribution in [1.82, 2.24) is 5.32 Å². The van der Waals surface area contributed by atoms with Crippen molar-refractivity contribution in [3.8, 4) is 0 Å². The first kappa shape index (κ1) is 18.3. The average Bonchev–Trinajstić information content (AvgIpc) is 2.82. The van der Waals surface area contributed by atoms with Crippen LogP contribution in [-0.4, -0.2) is 18.2 Å². The summed E-state index contributed by atoms with van der Waals surface area (Å²) >= 11 is 0. The van der Waals surface area contributed by atoms with Gasteiger partial charge in [-0.05, 0) is 45.4 Å². The molecular weight excluding hydrogens is 274 g/mol. The van der Waals surface area contributed by atoms with Crippen LogP contribution in [0.4, 0.5) is 4.79 Å². The lowest BCUT2D eigenvalue weighted by molar-refractivity contribution is 0.128. The van der Waals surface area contributed by atoms with Gasteiger partial charge >= 0.3 is 6.09 Å². The van der Waals surface area contributed by atoms with Gasteiger partial charge < -0.3 is 10.1 Å². The minimum absolute atomic E-state index is 0.0135. The van der Waals surface area contributed by atoms with Gasteiger partial charge in [0.15, 0.2) is 0 Å². The quantitative estimate of drug-likeness (QED) is 0.572. The standard InChI is InChI=1S/C19H29NO2/c1-3-4-5-6-7-8-9-10-11-12-13-14-15-16-18-17(2)20-19(21)22-18/h4-5,7-8,10-11,13-14,17-18H,3,6,9,12,15-16H2,1-2H3,(H,20,21)/b5-4-,8-7-,11-10-,14-13-/t17-,18+/m0/s1. The van der Waals surface area contributed by atoms with Gasteiger partial charge in [0.05, 0.1) is 6.04 Å². The molecular formula is C19H29NO2. The Morgan fingerprint density at radius 1 is 0.955 bits per heavy atom. The second-order valence-corrected chi connectivity index (χ2v) is 5.46. The number of ether oxygens (including phenoxy) is 1. The van der Waals surface area contributed by atoms with Crippen molar-refractivity contribution in [2.24, 2.45) is 0 Å². The Labute approximate surface area is 134 Å². The molecule has 1 fully saturated rings. The Morgan fingerprint density at radius 3 is 2.00 bits per heavy atom. The second kappa shape index (κ2) is 11.8. The van der Waals surface area contributed by atoms with E-state index >= 15 is 0 Å². The maximum absolute atomic E-state index is 11.0. The number of hydrogen-bond donors (Lipinski definition) is 1. The molecule has 0 saturated carbocycles. The third-order valence-corrected chi connectivity index (χ3v) is 3.50. The van der Waals surface area contributed by atoms with Gasteiger partial charge in [-0.25, -0.2) is 4.79 Å². The molecule has 1 aliphatic heterocycles. The van der Waals surface area contributed by atoms with E-state index in [1.54, 1.807) is 0 Å². The first-order valence-electron chi connectivity index (χ1n) is 8.31. The normalized spacial score (nSPS) is 22.4. The van der Waals surface area contributed by atoms with Crippen molar-refractivity contribution < 1.29 is 9.53 Å². The summed E-state index contributed by atoms with van der Waals surface area (Å²) < 4.78 is 5.17. The van der Waals surface area contributed by atoms with Gasteiger partial charge in [-0.2, -0.15) is 0 Å². The summed E-state index contributed by atoms with van der Waals surface area (Å²) in [6.07, 6.45) is 23.1. The van der Waals surface area contributed by atoms with Gasteiger partial charge in [0.2, 0.25) is 0 Å². The predicted octanol–water partition coefficient (Wildman–Crippen LogP) is 5.07. The molecule has 2 atom stereocenters. The molecule has 0 unspecified atom stereocenters. The monoisotopic (exact) mass is 303 g/mol. The lowest BCUT2D eigenvalue weighted by Gasteiger charge is -2.10. The molecule has 1 N–H and O–H groups in total. The number of carbonyl (C=O) groups is 1. The fourth-order valence-electron chi connectivity index (χ4n) is 2.22. The highest BCUT2D eigenvalue weighted by atomic mass is 16.6. The lowest BCUT2D eigenvalue weighted by atomic mass is 10.1. The van der Waals surface area contributed by atoms with Gasteiger partial charge in [0.25, 0.3) is 0 Å². The molecule has 0 bridgehead atoms. The third-order valence-electron chi connectivity index (χ3n) is 3.50. The van der Waals surface area contributed by atoms with Gasteiger partial charge in [0.1, 0.15) is 6.10 Å². The molecule has 0 aromatic carbocycles. The SMILES string of the molecule is CC/C=C\C/C=C\C/C=C\C/C=C\CC[C@H]1OC(=O)N[C@H]1C. The molecule has 3 nitrogen and oxygen atoms in total. The molecule has 0 aromatic rings. The zero-order valence-corrected chi connectivity index (χ0v) is 13.8. The van der Waals surface area contributed by atoms with Crippen molar-refractivity contribution in [2.75, 3.05) is 0 Å². The van der Waals surface area contributed by atoms with E-state index in [1.807, 2.05) is 6.92 Å². The van der Waals surface area contributed by atoms with Crippen LogP contribution in [0.25, 0.3) is 0 Å². The summed E-state index contributed by atoms with van der Waals surface area (Å²) in [6.45, 7) is 4.13. The number of alkyl carbamates (subject to hydrolysis) is 1. The number of nitrogens with one attached hydrogen (secondary N) is 1. The Hall–Kier alpha value is -1.77. The van der Waals surface area contributed by atoms with E-state index < -0.39 is 0 Å². The fourth-order valence-corrected chi connectivity index (χ4v) is 2.22. The molecule has 1 amide bonds. The molecule has 0 aliphatic carbocycles. The van der Waals surface area contributed by atoms with Crippen LogP contribution in [0.3, 0.4) is 0 Å². The Balaban J connectivity index is 2.00. The van der Waals surface area contributed by atoms with Crippen LogP contribution in [-0.2, 0) is 4.74 Å². The number of carbonyl (C=O) groups excluding carboxylic acids is 1. The molecule has 1 rings (SSSR count). The van der Waals surface area contributed by atoms with Crippen molar-refractivity contribution in [3.05, 3.63) is 48.6 Å². The predicted molar refractivity (Wildman–Crippen MR) is 92.8 cm³/mol. The third kappa shape index (κ3) is 8.50. The summed E-state index contributed by atoms with van der Waals surface area (Å²) in [7, 11) is 0. The Kier molecular flexibility index (Phi) is 9.84. The minimum Gasteiger partial charge on any atom is -0.444 e. The summed E-state index contributed by atoms with van der Waals surface area (Å²) in [5.74, 6) is 0. The number of cyclic esters (lactones) is 1. The smallest absolute Gasteiger partial charge is 0.407 e. The average molecular weight is 303 g/mol. The Morgan fingerprint density at radius 2 is 1.50 bits per heavy atom. The molecule has 22 heavy (non-hydrogen) atoms. The highest BCUT2D eigenvalue weighted by Gasteiger charge is 2.29. The largest absolute Gasteiger partial charge is 0.444 e. The molecule has 0 radical (unpaired) electrons. The van der Waals surface area contributed by atoms with Crippen LogP contribution in [0.2, 0.25) is 0 Å². The van der Waals surface area contributed by atoms with Crippen molar-refractivity contribution in [3.63, 3.8) is 0 Å². The molecule has 1 aliphatic rings. The van der Waals surface area contributed by atoms with Gasteiger partial charge in [-0.15, -0.1) is 0 Å². The van der Waals surface area contributed by atoms with E-state index in [-0.39, 0.29) is 18.2 Å². The van der Waals surface area contributed by atoms with Crippen molar-refractivity contribution in [1.29, 1.82) is 0 Å². The molecule has 122 valence electrons. The van der Waals surface area contributed by atoms with Crippen LogP contribution in [0.15, 0.2) is 48.6 Å². The highest BCUT2D eigenvalue weighted by Crippen LogP contribution is 2.14. The zero-order valence-electron chi connectivity index (χ0n) is 13.8. The number of rotatable bonds is 10. The van der Waals surface area contributed by atoms with Gasteiger partial charge in [-0.1, -0.05) is 55.5 Å². The van der Waals surface area contributed by atoms with E-state index in [9.17, 15) is 4.79 Å². The van der Waals surface area contributed by atoms with Crippen LogP contribution >= 0.6 is 0 Å². The van der Waals surface area contributed by atoms with Crippen LogP contribution in [0.5, 0.6) is 0 Å². The first-order chi connectivity index (χ1) is 10.7. The molecule has 1 heterocycles. The van der Waals surface area contributed by atoms with E-state index in [1.165, 1.54) is 0 Å². The topological polar surface area (TPSA) is 38.3 Å². The molecule has 3 heteroatoms. The van der Waals surface area contributed by atoms with E-state index in [0.717, 1.165) is 38.5 Å². The minimum atomic E-state index is -0.289. The highest BCUT2D eigenvalue weighted by molar-refractivity contribution is 5.70. The van der Waals surface area contributed by atoms with E-state index in [0.29, 0.717) is 0 Å². The summed E-state index contributed by atoms with van der Waals surface area (Å²) in [4.78, 5) is 11.0. The van der Waals surface area contributed by atoms with Crippen molar-refractivity contribution >= 4 is 6.09 Å². The molecule has 0 aromatic heterocycles. The van der Waals surface area contributed by atoms with E-state index in [2.05, 4.69) is 60.8 Å². The number of allylic oxidation sites excluding steroid dienone is 8.